The second kappa shape index (κ2) is 22.9. The molecule has 1 aliphatic heterocycles. The number of ether oxygens (including phenoxy) is 1. The van der Waals surface area contributed by atoms with Crippen molar-refractivity contribution in [2.45, 2.75) is 106 Å². The van der Waals surface area contributed by atoms with Crippen LogP contribution in [-0.2, 0) is 4.79 Å². The van der Waals surface area contributed by atoms with Crippen LogP contribution in [-0.4, -0.2) is 72.2 Å². The Morgan fingerprint density at radius 2 is 1.65 bits per heavy atom. The molecule has 0 bridgehead atoms. The lowest BCUT2D eigenvalue weighted by atomic mass is 9.97. The lowest BCUT2D eigenvalue weighted by Gasteiger charge is -2.32. The lowest BCUT2D eigenvalue weighted by Crippen LogP contribution is -2.45. The van der Waals surface area contributed by atoms with Crippen molar-refractivity contribution in [3.05, 3.63) is 64.7 Å². The molecule has 1 N–H and O–H groups in total. The Morgan fingerprint density at radius 1 is 1.04 bits per heavy atom. The summed E-state index contributed by atoms with van der Waals surface area (Å²) in [5, 5.41) is 3.57. The number of rotatable bonds is 8. The van der Waals surface area contributed by atoms with Crippen LogP contribution >= 0.6 is 11.8 Å². The second-order valence-corrected chi connectivity index (χ2v) is 13.2. The average Bonchev–Trinajstić information content (AvgIpc) is 3.03. The highest BCUT2D eigenvalue weighted by molar-refractivity contribution is 8.14. The maximum absolute atomic E-state index is 12.0. The number of aryl methyl sites for hydroxylation is 3. The zero-order valence-electron chi connectivity index (χ0n) is 30.5. The van der Waals surface area contributed by atoms with Gasteiger partial charge in [0.15, 0.2) is 0 Å². The van der Waals surface area contributed by atoms with Crippen molar-refractivity contribution < 1.29 is 27.5 Å². The molecule has 0 aromatic heterocycles. The van der Waals surface area contributed by atoms with Gasteiger partial charge in [-0.15, -0.1) is 24.9 Å². The second-order valence-electron chi connectivity index (χ2n) is 12.0. The summed E-state index contributed by atoms with van der Waals surface area (Å²) in [7, 11) is 1.75. The predicted molar refractivity (Wildman–Crippen MR) is 199 cm³/mol. The smallest absolute Gasteiger partial charge is 0.406 e. The number of ketones is 1. The Morgan fingerprint density at radius 3 is 2.16 bits per heavy atom. The molecule has 0 unspecified atom stereocenters. The number of alkyl halides is 3. The molecule has 8 nitrogen and oxygen atoms in total. The van der Waals surface area contributed by atoms with Crippen LogP contribution in [0.5, 0.6) is 5.75 Å². The SMILES string of the molecule is CCC/C=N\C(=NC)N1CCC(NC(=O)/N=C(/C)SCC(=O)CC)CC1.Cc1ccc(C(C)C)c(C)c1.Cc1ccc(OC(F)(F)F)cc1. The fraction of sp³-hybridized carbons (Fsp3) is 0.541. The molecule has 0 saturated carbocycles. The topological polar surface area (TPSA) is 95.7 Å². The number of likely N-dealkylation sites (tertiary alicyclic amines) is 1. The number of benzene rings is 2. The van der Waals surface area contributed by atoms with E-state index in [1.807, 2.05) is 13.1 Å². The van der Waals surface area contributed by atoms with Crippen LogP contribution in [0.2, 0.25) is 0 Å². The highest BCUT2D eigenvalue weighted by Gasteiger charge is 2.30. The van der Waals surface area contributed by atoms with Crippen LogP contribution in [0.4, 0.5) is 18.0 Å². The first kappa shape index (κ1) is 43.4. The quantitative estimate of drug-likeness (QED) is 0.218. The van der Waals surface area contributed by atoms with E-state index in [0.717, 1.165) is 50.3 Å². The number of aliphatic imine (C=N–C) groups is 3. The highest BCUT2D eigenvalue weighted by Crippen LogP contribution is 2.22. The molecule has 2 aromatic carbocycles. The van der Waals surface area contributed by atoms with Gasteiger partial charge in [-0.2, -0.15) is 4.99 Å². The van der Waals surface area contributed by atoms with Crippen molar-refractivity contribution >= 4 is 40.8 Å². The number of guanidine groups is 1. The molecular weight excluding hydrogens is 652 g/mol. The van der Waals surface area contributed by atoms with Gasteiger partial charge in [0, 0.05) is 38.8 Å². The number of Topliss-reactive ketones (excluding diaryl/α,β-unsaturated/α-hetero) is 1. The van der Waals surface area contributed by atoms with E-state index in [1.54, 1.807) is 33.0 Å². The van der Waals surface area contributed by atoms with Crippen LogP contribution in [0.1, 0.15) is 94.9 Å². The normalized spacial score (nSPS) is 14.2. The molecule has 1 saturated heterocycles. The zero-order chi connectivity index (χ0) is 37.0. The maximum Gasteiger partial charge on any atom is 0.573 e. The fourth-order valence-electron chi connectivity index (χ4n) is 4.66. The summed E-state index contributed by atoms with van der Waals surface area (Å²) in [5.74, 6) is 1.75. The van der Waals surface area contributed by atoms with Crippen molar-refractivity contribution in [3.63, 3.8) is 0 Å². The molecule has 49 heavy (non-hydrogen) atoms. The molecule has 3 rings (SSSR count). The Labute approximate surface area is 295 Å². The highest BCUT2D eigenvalue weighted by atomic mass is 32.2. The van der Waals surface area contributed by atoms with E-state index in [4.69, 9.17) is 0 Å². The number of nitrogens with zero attached hydrogens (tertiary/aromatic N) is 4. The van der Waals surface area contributed by atoms with Gasteiger partial charge in [0.25, 0.3) is 0 Å². The number of thioether (sulfide) groups is 1. The van der Waals surface area contributed by atoms with Crippen LogP contribution in [0.15, 0.2) is 57.4 Å². The lowest BCUT2D eigenvalue weighted by molar-refractivity contribution is -0.274. The van der Waals surface area contributed by atoms with Crippen molar-refractivity contribution in [2.75, 3.05) is 25.9 Å². The molecule has 1 fully saturated rings. The number of unbranched alkanes of at least 4 members (excludes halogenated alkanes) is 1. The van der Waals surface area contributed by atoms with Crippen LogP contribution in [0.25, 0.3) is 0 Å². The van der Waals surface area contributed by atoms with Gasteiger partial charge in [-0.25, -0.2) is 9.79 Å². The summed E-state index contributed by atoms with van der Waals surface area (Å²) < 4.78 is 38.5. The molecule has 272 valence electrons. The number of urea groups is 1. The Balaban J connectivity index is 0.000000427. The van der Waals surface area contributed by atoms with Gasteiger partial charge in [0.05, 0.1) is 10.8 Å². The standard InChI is InChI=1S/C18H31N5O2S.C11H16.C8H7F3O/c1-5-7-10-20-17(19-4)23-11-8-15(9-12-23)22-18(25)21-14(3)26-13-16(24)6-2;1-8(2)11-6-5-9(3)7-10(11)4;1-6-2-4-7(5-3-6)12-8(9,10)11/h10,15H,5-9,11-13H2,1-4H3,(H,22,25);5-8H,1-4H3;2-5H,1H3/b19-17?,20-10-,21-14-;;. The van der Waals surface area contributed by atoms with E-state index >= 15 is 0 Å². The minimum absolute atomic E-state index is 0.107. The Hall–Kier alpha value is -3.67. The summed E-state index contributed by atoms with van der Waals surface area (Å²) >= 11 is 1.32. The van der Waals surface area contributed by atoms with Crippen molar-refractivity contribution in [3.8, 4) is 5.75 Å². The van der Waals surface area contributed by atoms with Gasteiger partial charge >= 0.3 is 12.4 Å². The molecule has 2 amide bonds. The number of hydrogen-bond acceptors (Lipinski definition) is 5. The van der Waals surface area contributed by atoms with Gasteiger partial charge in [-0.3, -0.25) is 9.79 Å². The number of amides is 2. The van der Waals surface area contributed by atoms with E-state index in [0.29, 0.717) is 23.1 Å². The summed E-state index contributed by atoms with van der Waals surface area (Å²) in [6.45, 7) is 17.9. The summed E-state index contributed by atoms with van der Waals surface area (Å²) in [6.07, 6.45) is 1.51. The molecule has 1 heterocycles. The minimum atomic E-state index is -4.60. The van der Waals surface area contributed by atoms with E-state index < -0.39 is 6.36 Å². The monoisotopic (exact) mass is 705 g/mol. The first-order valence-electron chi connectivity index (χ1n) is 16.7. The average molecular weight is 706 g/mol. The summed E-state index contributed by atoms with van der Waals surface area (Å²) in [5.41, 5.74) is 5.13. The zero-order valence-corrected chi connectivity index (χ0v) is 31.3. The number of piperidine rings is 1. The largest absolute Gasteiger partial charge is 0.573 e. The number of carbonyl (C=O) groups is 2. The third kappa shape index (κ3) is 19.2. The number of carbonyl (C=O) groups excluding carboxylic acids is 2. The van der Waals surface area contributed by atoms with E-state index in [9.17, 15) is 22.8 Å². The van der Waals surface area contributed by atoms with E-state index in [2.05, 4.69) is 82.7 Å². The molecule has 12 heteroatoms. The van der Waals surface area contributed by atoms with Crippen molar-refractivity contribution in [1.29, 1.82) is 0 Å². The Bertz CT molecular complexity index is 1380. The van der Waals surface area contributed by atoms with E-state index in [1.165, 1.54) is 40.6 Å². The van der Waals surface area contributed by atoms with Crippen molar-refractivity contribution in [2.24, 2.45) is 15.0 Å². The summed E-state index contributed by atoms with van der Waals surface area (Å²) in [4.78, 5) is 38.2. The van der Waals surface area contributed by atoms with Gasteiger partial charge < -0.3 is 15.0 Å². The summed E-state index contributed by atoms with van der Waals surface area (Å²) in [6, 6.07) is 12.1. The molecule has 2 aromatic rings. The van der Waals surface area contributed by atoms with Crippen LogP contribution < -0.4 is 10.1 Å². The van der Waals surface area contributed by atoms with Gasteiger partial charge in [0.1, 0.15) is 11.5 Å². The first-order valence-corrected chi connectivity index (χ1v) is 17.7. The molecular formula is C37H54F3N5O3S. The van der Waals surface area contributed by atoms with Crippen molar-refractivity contribution in [1.82, 2.24) is 10.2 Å². The molecule has 1 aliphatic rings. The minimum Gasteiger partial charge on any atom is -0.406 e. The van der Waals surface area contributed by atoms with Gasteiger partial charge in [-0.1, -0.05) is 75.6 Å². The molecule has 0 spiro atoms. The molecule has 0 radical (unpaired) electrons. The first-order chi connectivity index (χ1) is 23.1. The molecule has 0 atom stereocenters. The van der Waals surface area contributed by atoms with Gasteiger partial charge in [0.2, 0.25) is 5.96 Å². The number of nitrogens with one attached hydrogen (secondary N) is 1. The molecule has 0 aliphatic carbocycles. The maximum atomic E-state index is 12.0. The predicted octanol–water partition coefficient (Wildman–Crippen LogP) is 9.47. The number of halogens is 3. The van der Waals surface area contributed by atoms with Crippen LogP contribution in [0, 0.1) is 20.8 Å². The van der Waals surface area contributed by atoms with Gasteiger partial charge in [-0.05, 0) is 76.1 Å². The Kier molecular flexibility index (Phi) is 20.2. The van der Waals surface area contributed by atoms with Crippen LogP contribution in [0.3, 0.4) is 0 Å². The third-order valence-corrected chi connectivity index (χ3v) is 8.30. The fourth-order valence-corrected chi connectivity index (χ4v) is 5.38. The third-order valence-electron chi connectivity index (χ3n) is 7.33. The number of hydrogen-bond donors (Lipinski definition) is 1. The van der Waals surface area contributed by atoms with E-state index in [-0.39, 0.29) is 23.6 Å².